The van der Waals surface area contributed by atoms with Gasteiger partial charge in [-0.25, -0.2) is 8.42 Å². The highest BCUT2D eigenvalue weighted by Gasteiger charge is 2.33. The van der Waals surface area contributed by atoms with E-state index in [0.29, 0.717) is 17.6 Å². The summed E-state index contributed by atoms with van der Waals surface area (Å²) in [7, 11) is -2.73. The fraction of sp³-hybridized carbons (Fsp3) is 1.00. The second-order valence-electron chi connectivity index (χ2n) is 4.78. The third-order valence-corrected chi connectivity index (χ3v) is 5.80. The van der Waals surface area contributed by atoms with E-state index in [4.69, 9.17) is 0 Å². The zero-order valence-corrected chi connectivity index (χ0v) is 10.3. The molecule has 1 rings (SSSR count). The van der Waals surface area contributed by atoms with Crippen LogP contribution in [-0.4, -0.2) is 19.4 Å². The van der Waals surface area contributed by atoms with Crippen LogP contribution in [0.15, 0.2) is 0 Å². The first-order chi connectivity index (χ1) is 6.47. The van der Waals surface area contributed by atoms with E-state index in [1.54, 1.807) is 0 Å². The summed E-state index contributed by atoms with van der Waals surface area (Å²) in [6.07, 6.45) is 3.76. The molecule has 1 aliphatic rings. The van der Waals surface area contributed by atoms with Crippen molar-refractivity contribution in [2.45, 2.75) is 51.7 Å². The number of sulfone groups is 1. The van der Waals surface area contributed by atoms with Crippen molar-refractivity contribution in [3.8, 4) is 0 Å². The minimum absolute atomic E-state index is 0.0325. The average Bonchev–Trinajstić information content (AvgIpc) is 2.40. The molecule has 1 saturated heterocycles. The van der Waals surface area contributed by atoms with Crippen molar-refractivity contribution in [2.24, 2.45) is 11.8 Å². The van der Waals surface area contributed by atoms with Gasteiger partial charge >= 0.3 is 0 Å². The van der Waals surface area contributed by atoms with Crippen LogP contribution >= 0.6 is 0 Å². The Balaban J connectivity index is 2.59. The first-order valence-corrected chi connectivity index (χ1v) is 7.40. The molecule has 14 heavy (non-hydrogen) atoms. The average molecular weight is 218 g/mol. The molecular weight excluding hydrogens is 196 g/mol. The van der Waals surface area contributed by atoms with Gasteiger partial charge in [-0.2, -0.15) is 0 Å². The lowest BCUT2D eigenvalue weighted by molar-refractivity contribution is 0.340. The van der Waals surface area contributed by atoms with Crippen molar-refractivity contribution in [3.63, 3.8) is 0 Å². The minimum atomic E-state index is -2.73. The summed E-state index contributed by atoms with van der Waals surface area (Å²) in [6.45, 7) is 6.54. The lowest BCUT2D eigenvalue weighted by Crippen LogP contribution is -2.22. The Kier molecular flexibility index (Phi) is 3.99. The molecule has 0 spiro atoms. The molecule has 0 amide bonds. The molecular formula is C11H22O2S. The molecule has 2 unspecified atom stereocenters. The van der Waals surface area contributed by atoms with Gasteiger partial charge in [0.2, 0.25) is 0 Å². The molecule has 1 aliphatic heterocycles. The molecule has 3 heteroatoms. The van der Waals surface area contributed by atoms with E-state index in [1.165, 1.54) is 0 Å². The second kappa shape index (κ2) is 4.65. The van der Waals surface area contributed by atoms with Gasteiger partial charge in [0.05, 0.1) is 11.0 Å². The summed E-state index contributed by atoms with van der Waals surface area (Å²) in [5.74, 6) is 1.61. The van der Waals surface area contributed by atoms with Crippen molar-refractivity contribution >= 4 is 9.84 Å². The van der Waals surface area contributed by atoms with Crippen molar-refractivity contribution in [1.82, 2.24) is 0 Å². The molecule has 1 heterocycles. The van der Waals surface area contributed by atoms with Gasteiger partial charge < -0.3 is 0 Å². The van der Waals surface area contributed by atoms with Gasteiger partial charge in [-0.05, 0) is 31.1 Å². The van der Waals surface area contributed by atoms with Crippen molar-refractivity contribution in [2.75, 3.05) is 5.75 Å². The molecule has 0 aliphatic carbocycles. The van der Waals surface area contributed by atoms with Crippen LogP contribution in [0.25, 0.3) is 0 Å². The van der Waals surface area contributed by atoms with E-state index >= 15 is 0 Å². The molecule has 0 saturated carbocycles. The highest BCUT2D eigenvalue weighted by atomic mass is 32.2. The Hall–Kier alpha value is -0.0500. The Labute approximate surface area is 88.0 Å². The molecule has 0 aromatic rings. The van der Waals surface area contributed by atoms with Crippen LogP contribution in [-0.2, 0) is 9.84 Å². The van der Waals surface area contributed by atoms with Gasteiger partial charge in [-0.3, -0.25) is 0 Å². The topological polar surface area (TPSA) is 34.1 Å². The first-order valence-electron chi connectivity index (χ1n) is 5.69. The van der Waals surface area contributed by atoms with Gasteiger partial charge in [0.15, 0.2) is 9.84 Å². The fourth-order valence-electron chi connectivity index (χ4n) is 2.37. The second-order valence-corrected chi connectivity index (χ2v) is 7.18. The molecule has 84 valence electrons. The van der Waals surface area contributed by atoms with Crippen LogP contribution in [0.2, 0.25) is 0 Å². The summed E-state index contributed by atoms with van der Waals surface area (Å²) in [5.41, 5.74) is 0. The largest absolute Gasteiger partial charge is 0.229 e. The van der Waals surface area contributed by atoms with Gasteiger partial charge in [0.1, 0.15) is 0 Å². The van der Waals surface area contributed by atoms with E-state index in [2.05, 4.69) is 20.8 Å². The van der Waals surface area contributed by atoms with E-state index in [1.807, 2.05) is 0 Å². The third-order valence-electron chi connectivity index (χ3n) is 3.50. The highest BCUT2D eigenvalue weighted by molar-refractivity contribution is 7.92. The zero-order chi connectivity index (χ0) is 10.8. The monoisotopic (exact) mass is 218 g/mol. The van der Waals surface area contributed by atoms with Crippen molar-refractivity contribution in [1.29, 1.82) is 0 Å². The lowest BCUT2D eigenvalue weighted by atomic mass is 9.88. The molecule has 0 aromatic carbocycles. The van der Waals surface area contributed by atoms with Crippen LogP contribution in [0.4, 0.5) is 0 Å². The molecule has 0 radical (unpaired) electrons. The maximum absolute atomic E-state index is 11.6. The van der Waals surface area contributed by atoms with Crippen molar-refractivity contribution < 1.29 is 8.42 Å². The van der Waals surface area contributed by atoms with Crippen LogP contribution in [0, 0.1) is 11.8 Å². The fourth-order valence-corrected chi connectivity index (χ4v) is 4.34. The normalized spacial score (nSPS) is 28.1. The van der Waals surface area contributed by atoms with E-state index in [0.717, 1.165) is 25.7 Å². The SMILES string of the molecule is CCC(CC1CCCS1(=O)=O)C(C)C. The zero-order valence-electron chi connectivity index (χ0n) is 9.49. The molecule has 1 fully saturated rings. The Morgan fingerprint density at radius 3 is 2.36 bits per heavy atom. The van der Waals surface area contributed by atoms with Crippen LogP contribution in [0.5, 0.6) is 0 Å². The molecule has 2 nitrogen and oxygen atoms in total. The first kappa shape index (κ1) is 12.0. The number of hydrogen-bond donors (Lipinski definition) is 0. The predicted octanol–water partition coefficient (Wildman–Crippen LogP) is 2.64. The molecule has 0 N–H and O–H groups in total. The van der Waals surface area contributed by atoms with Crippen LogP contribution < -0.4 is 0 Å². The number of hydrogen-bond acceptors (Lipinski definition) is 2. The van der Waals surface area contributed by atoms with Gasteiger partial charge in [0, 0.05) is 0 Å². The molecule has 0 bridgehead atoms. The Morgan fingerprint density at radius 1 is 1.36 bits per heavy atom. The Morgan fingerprint density at radius 2 is 2.00 bits per heavy atom. The number of rotatable bonds is 4. The maximum Gasteiger partial charge on any atom is 0.153 e. The Bertz CT molecular complexity index is 267. The standard InChI is InChI=1S/C11H22O2S/c1-4-10(9(2)3)8-11-6-5-7-14(11,12)13/h9-11H,4-8H2,1-3H3. The summed E-state index contributed by atoms with van der Waals surface area (Å²) >= 11 is 0. The predicted molar refractivity (Wildman–Crippen MR) is 60.0 cm³/mol. The van der Waals surface area contributed by atoms with E-state index in [-0.39, 0.29) is 5.25 Å². The third kappa shape index (κ3) is 2.72. The van der Waals surface area contributed by atoms with Gasteiger partial charge in [-0.1, -0.05) is 27.2 Å². The minimum Gasteiger partial charge on any atom is -0.229 e. The summed E-state index contributed by atoms with van der Waals surface area (Å²) in [5, 5.41) is -0.0325. The highest BCUT2D eigenvalue weighted by Crippen LogP contribution is 2.30. The smallest absolute Gasteiger partial charge is 0.153 e. The lowest BCUT2D eigenvalue weighted by Gasteiger charge is -2.22. The molecule has 0 aromatic heterocycles. The summed E-state index contributed by atoms with van der Waals surface area (Å²) in [6, 6.07) is 0. The van der Waals surface area contributed by atoms with E-state index < -0.39 is 9.84 Å². The van der Waals surface area contributed by atoms with Gasteiger partial charge in [-0.15, -0.1) is 0 Å². The van der Waals surface area contributed by atoms with E-state index in [9.17, 15) is 8.42 Å². The van der Waals surface area contributed by atoms with Crippen LogP contribution in [0.1, 0.15) is 46.5 Å². The van der Waals surface area contributed by atoms with Crippen molar-refractivity contribution in [3.05, 3.63) is 0 Å². The van der Waals surface area contributed by atoms with Gasteiger partial charge in [0.25, 0.3) is 0 Å². The molecule has 2 atom stereocenters. The summed E-state index contributed by atoms with van der Waals surface area (Å²) in [4.78, 5) is 0. The summed E-state index contributed by atoms with van der Waals surface area (Å²) < 4.78 is 23.3. The van der Waals surface area contributed by atoms with Crippen LogP contribution in [0.3, 0.4) is 0 Å². The maximum atomic E-state index is 11.6. The quantitative estimate of drug-likeness (QED) is 0.727.